The zero-order chi connectivity index (χ0) is 9.64. The highest BCUT2D eigenvalue weighted by Crippen LogP contribution is 2.41. The lowest BCUT2D eigenvalue weighted by molar-refractivity contribution is -0.124. The second-order valence-corrected chi connectivity index (χ2v) is 10.5. The van der Waals surface area contributed by atoms with Crippen molar-refractivity contribution in [3.63, 3.8) is 0 Å². The summed E-state index contributed by atoms with van der Waals surface area (Å²) < 4.78 is 0. The van der Waals surface area contributed by atoms with E-state index in [1.807, 2.05) is 0 Å². The van der Waals surface area contributed by atoms with Gasteiger partial charge < -0.3 is 0 Å². The zero-order valence-electron chi connectivity index (χ0n) is 8.76. The Bertz CT molecular complexity index is 272. The van der Waals surface area contributed by atoms with E-state index in [0.29, 0.717) is 17.6 Å². The Kier molecular flexibility index (Phi) is 1.99. The minimum Gasteiger partial charge on any atom is -0.299 e. The van der Waals surface area contributed by atoms with E-state index in [-0.39, 0.29) is 0 Å². The Hall–Kier alpha value is -0.373. The summed E-state index contributed by atoms with van der Waals surface area (Å²) in [5.74, 6) is 1.45. The highest BCUT2D eigenvalue weighted by Gasteiger charge is 2.39. The zero-order valence-corrected chi connectivity index (χ0v) is 9.76. The van der Waals surface area contributed by atoms with Gasteiger partial charge in [-0.2, -0.15) is 0 Å². The van der Waals surface area contributed by atoms with Gasteiger partial charge in [-0.25, -0.2) is 0 Å². The molecule has 1 fully saturated rings. The largest absolute Gasteiger partial charge is 0.299 e. The first-order valence-corrected chi connectivity index (χ1v) is 8.73. The number of Topliss-reactive ketones (excluding diaryl/α,β-unsaturated/α-hetero) is 1. The standard InChI is InChI=1S/C11H18OSi/c1-13(2,3)11-7-8-4-5-9(11)10(12)6-8/h7-9H,4-6H2,1-3H3/t8-,9+/m0/s1. The maximum Gasteiger partial charge on any atom is 0.140 e. The fourth-order valence-electron chi connectivity index (χ4n) is 2.66. The number of carbonyl (C=O) groups excluding carboxylic acids is 1. The summed E-state index contributed by atoms with van der Waals surface area (Å²) in [7, 11) is -1.21. The Morgan fingerprint density at radius 2 is 2.00 bits per heavy atom. The number of allylic oxidation sites excluding steroid dienone is 2. The van der Waals surface area contributed by atoms with Gasteiger partial charge in [0.05, 0.1) is 8.07 Å². The Morgan fingerprint density at radius 3 is 2.38 bits per heavy atom. The molecule has 0 spiro atoms. The van der Waals surface area contributed by atoms with Gasteiger partial charge in [0.2, 0.25) is 0 Å². The molecule has 1 nitrogen and oxygen atoms in total. The molecule has 1 saturated carbocycles. The first kappa shape index (κ1) is 9.19. The molecule has 2 atom stereocenters. The maximum atomic E-state index is 11.7. The van der Waals surface area contributed by atoms with Crippen molar-refractivity contribution in [1.82, 2.24) is 0 Å². The second kappa shape index (κ2) is 2.81. The van der Waals surface area contributed by atoms with Crippen LogP contribution in [-0.2, 0) is 4.79 Å². The van der Waals surface area contributed by atoms with E-state index in [9.17, 15) is 4.79 Å². The molecule has 0 heterocycles. The van der Waals surface area contributed by atoms with Crippen LogP contribution >= 0.6 is 0 Å². The molecule has 2 heteroatoms. The van der Waals surface area contributed by atoms with E-state index in [4.69, 9.17) is 0 Å². The van der Waals surface area contributed by atoms with Crippen molar-refractivity contribution in [3.8, 4) is 0 Å². The molecule has 3 rings (SSSR count). The summed E-state index contributed by atoms with van der Waals surface area (Å²) in [5, 5.41) is 1.54. The van der Waals surface area contributed by atoms with Gasteiger partial charge in [-0.3, -0.25) is 4.79 Å². The molecule has 3 aliphatic rings. The highest BCUT2D eigenvalue weighted by atomic mass is 28.3. The van der Waals surface area contributed by atoms with E-state index in [1.54, 1.807) is 5.20 Å². The SMILES string of the molecule is C[Si](C)(C)C1=C[C@H]2CC[C@@H]1C(=O)C2. The molecular weight excluding hydrogens is 176 g/mol. The minimum atomic E-state index is -1.21. The lowest BCUT2D eigenvalue weighted by atomic mass is 9.75. The predicted molar refractivity (Wildman–Crippen MR) is 57.3 cm³/mol. The summed E-state index contributed by atoms with van der Waals surface area (Å²) in [4.78, 5) is 11.7. The average Bonchev–Trinajstić information content (AvgIpc) is 2.03. The fraction of sp³-hybridized carbons (Fsp3) is 0.727. The van der Waals surface area contributed by atoms with Gasteiger partial charge in [-0.05, 0) is 18.8 Å². The molecule has 0 aromatic rings. The van der Waals surface area contributed by atoms with Crippen molar-refractivity contribution < 1.29 is 4.79 Å². The van der Waals surface area contributed by atoms with Crippen LogP contribution in [0.4, 0.5) is 0 Å². The number of fused-ring (bicyclic) bond motifs is 2. The number of hydrogen-bond acceptors (Lipinski definition) is 1. The molecule has 0 radical (unpaired) electrons. The lowest BCUT2D eigenvalue weighted by Gasteiger charge is -2.39. The van der Waals surface area contributed by atoms with Crippen LogP contribution in [0.15, 0.2) is 11.3 Å². The van der Waals surface area contributed by atoms with Crippen LogP contribution in [-0.4, -0.2) is 13.9 Å². The van der Waals surface area contributed by atoms with Crippen molar-refractivity contribution >= 4 is 13.9 Å². The Morgan fingerprint density at radius 1 is 1.31 bits per heavy atom. The number of rotatable bonds is 1. The van der Waals surface area contributed by atoms with Gasteiger partial charge >= 0.3 is 0 Å². The monoisotopic (exact) mass is 194 g/mol. The van der Waals surface area contributed by atoms with Crippen LogP contribution in [0.2, 0.25) is 19.6 Å². The fourth-order valence-corrected chi connectivity index (χ4v) is 4.74. The summed E-state index contributed by atoms with van der Waals surface area (Å²) in [6.07, 6.45) is 5.66. The molecule has 0 aromatic carbocycles. The molecule has 0 unspecified atom stereocenters. The van der Waals surface area contributed by atoms with Crippen LogP contribution in [0.25, 0.3) is 0 Å². The number of carbonyl (C=O) groups is 1. The molecule has 2 bridgehead atoms. The van der Waals surface area contributed by atoms with Crippen LogP contribution in [0.5, 0.6) is 0 Å². The molecule has 0 N–H and O–H groups in total. The van der Waals surface area contributed by atoms with Gasteiger partial charge in [0.15, 0.2) is 0 Å². The third-order valence-corrected chi connectivity index (χ3v) is 5.58. The summed E-state index contributed by atoms with van der Waals surface area (Å²) >= 11 is 0. The van der Waals surface area contributed by atoms with Crippen LogP contribution in [0, 0.1) is 11.8 Å². The van der Waals surface area contributed by atoms with Crippen molar-refractivity contribution in [2.75, 3.05) is 0 Å². The first-order valence-electron chi connectivity index (χ1n) is 5.23. The molecular formula is C11H18OSi. The van der Waals surface area contributed by atoms with Crippen molar-refractivity contribution in [2.45, 2.75) is 38.9 Å². The summed E-state index contributed by atoms with van der Waals surface area (Å²) in [5.41, 5.74) is 0. The summed E-state index contributed by atoms with van der Waals surface area (Å²) in [6.45, 7) is 7.06. The van der Waals surface area contributed by atoms with Gasteiger partial charge in [-0.15, -0.1) is 0 Å². The van der Waals surface area contributed by atoms with E-state index in [0.717, 1.165) is 12.8 Å². The molecule has 72 valence electrons. The van der Waals surface area contributed by atoms with Gasteiger partial charge in [-0.1, -0.05) is 30.9 Å². The second-order valence-electron chi connectivity index (χ2n) is 5.43. The molecule has 0 aliphatic heterocycles. The normalized spacial score (nSPS) is 33.5. The van der Waals surface area contributed by atoms with Gasteiger partial charge in [0.1, 0.15) is 5.78 Å². The smallest absolute Gasteiger partial charge is 0.140 e. The lowest BCUT2D eigenvalue weighted by Crippen LogP contribution is -2.40. The van der Waals surface area contributed by atoms with Crippen molar-refractivity contribution in [1.29, 1.82) is 0 Å². The topological polar surface area (TPSA) is 17.1 Å². The molecule has 13 heavy (non-hydrogen) atoms. The van der Waals surface area contributed by atoms with Gasteiger partial charge in [0, 0.05) is 12.3 Å². The van der Waals surface area contributed by atoms with Crippen molar-refractivity contribution in [3.05, 3.63) is 11.3 Å². The van der Waals surface area contributed by atoms with Crippen molar-refractivity contribution in [2.24, 2.45) is 11.8 Å². The average molecular weight is 194 g/mol. The summed E-state index contributed by atoms with van der Waals surface area (Å²) in [6, 6.07) is 0. The maximum absolute atomic E-state index is 11.7. The third kappa shape index (κ3) is 1.52. The molecule has 0 aromatic heterocycles. The van der Waals surface area contributed by atoms with Crippen LogP contribution in [0.3, 0.4) is 0 Å². The van der Waals surface area contributed by atoms with E-state index in [2.05, 4.69) is 25.7 Å². The van der Waals surface area contributed by atoms with Crippen LogP contribution in [0.1, 0.15) is 19.3 Å². The highest BCUT2D eigenvalue weighted by molar-refractivity contribution is 6.83. The third-order valence-electron chi connectivity index (χ3n) is 3.33. The molecule has 3 aliphatic carbocycles. The number of hydrogen-bond donors (Lipinski definition) is 0. The quantitative estimate of drug-likeness (QED) is 0.587. The molecule has 0 amide bonds. The van der Waals surface area contributed by atoms with Gasteiger partial charge in [0.25, 0.3) is 0 Å². The van der Waals surface area contributed by atoms with Crippen LogP contribution < -0.4 is 0 Å². The van der Waals surface area contributed by atoms with E-state index in [1.165, 1.54) is 6.42 Å². The Balaban J connectivity index is 2.35. The first-order chi connectivity index (χ1) is 5.98. The Labute approximate surface area is 81.2 Å². The number of ketones is 1. The molecule has 0 saturated heterocycles. The van der Waals surface area contributed by atoms with E-state index < -0.39 is 8.07 Å². The predicted octanol–water partition coefficient (Wildman–Crippen LogP) is 2.79. The van der Waals surface area contributed by atoms with E-state index >= 15 is 0 Å². The minimum absolute atomic E-state index is 0.330.